The molecule has 1 N–H and O–H groups in total. The normalized spacial score (nSPS) is 10.8. The Balaban J connectivity index is 1.96. The summed E-state index contributed by atoms with van der Waals surface area (Å²) in [4.78, 5) is 0.538. The molecular weight excluding hydrogens is 323 g/mol. The summed E-state index contributed by atoms with van der Waals surface area (Å²) in [6.07, 6.45) is 0. The van der Waals surface area contributed by atoms with Crippen molar-refractivity contribution in [2.45, 2.75) is 17.2 Å². The summed E-state index contributed by atoms with van der Waals surface area (Å²) in [5, 5.41) is 4.34. The van der Waals surface area contributed by atoms with Gasteiger partial charge in [-0.25, -0.2) is 0 Å². The minimum atomic E-state index is -2.40. The lowest BCUT2D eigenvalue weighted by Crippen LogP contribution is -1.99. The zero-order valence-corrected chi connectivity index (χ0v) is 12.6. The Morgan fingerprint density at radius 1 is 1.00 bits per heavy atom. The predicted octanol–water partition coefficient (Wildman–Crippen LogP) is 5.92. The van der Waals surface area contributed by atoms with Crippen molar-refractivity contribution >= 4 is 40.7 Å². The Morgan fingerprint density at radius 3 is 2.15 bits per heavy atom. The first-order valence-electron chi connectivity index (χ1n) is 5.76. The summed E-state index contributed by atoms with van der Waals surface area (Å²) in [5.74, 6) is -2.40. The van der Waals surface area contributed by atoms with Gasteiger partial charge in [0.05, 0.1) is 0 Å². The molecule has 0 saturated carbocycles. The topological polar surface area (TPSA) is 12.0 Å². The summed E-state index contributed by atoms with van der Waals surface area (Å²) in [6, 6.07) is 12.1. The van der Waals surface area contributed by atoms with Gasteiger partial charge in [-0.1, -0.05) is 35.0 Å². The maximum Gasteiger partial charge on any atom is 0.288 e. The van der Waals surface area contributed by atoms with Crippen LogP contribution >= 0.6 is 35.0 Å². The number of halogens is 4. The van der Waals surface area contributed by atoms with E-state index in [1.54, 1.807) is 30.3 Å². The van der Waals surface area contributed by atoms with Gasteiger partial charge in [0.15, 0.2) is 0 Å². The number of thioether (sulfide) groups is 1. The molecule has 1 nitrogen and oxygen atoms in total. The lowest BCUT2D eigenvalue weighted by Gasteiger charge is -2.08. The average Bonchev–Trinajstić information content (AvgIpc) is 2.36. The number of nitrogens with one attached hydrogen (secondary N) is 1. The second-order valence-electron chi connectivity index (χ2n) is 4.03. The molecule has 106 valence electrons. The molecule has 0 unspecified atom stereocenters. The monoisotopic (exact) mass is 333 g/mol. The standard InChI is InChI=1S/C14H11Cl2F2NS/c15-10-5-9(6-11(16)7-10)8-19-12-1-3-13(4-2-12)20-14(17)18/h1-7,14,19H,8H2. The minimum Gasteiger partial charge on any atom is -0.381 e. The fourth-order valence-electron chi connectivity index (χ4n) is 1.67. The number of alkyl halides is 2. The molecular formula is C14H11Cl2F2NS. The second-order valence-corrected chi connectivity index (χ2v) is 5.97. The van der Waals surface area contributed by atoms with Gasteiger partial charge in [-0.2, -0.15) is 8.78 Å². The van der Waals surface area contributed by atoms with E-state index in [1.807, 2.05) is 12.1 Å². The highest BCUT2D eigenvalue weighted by Gasteiger charge is 2.04. The van der Waals surface area contributed by atoms with E-state index < -0.39 is 5.76 Å². The van der Waals surface area contributed by atoms with Crippen LogP contribution in [0.4, 0.5) is 14.5 Å². The number of hydrogen-bond donors (Lipinski definition) is 1. The molecule has 0 aromatic heterocycles. The molecule has 0 bridgehead atoms. The number of hydrogen-bond acceptors (Lipinski definition) is 2. The summed E-state index contributed by atoms with van der Waals surface area (Å²) in [5.41, 5.74) is 1.80. The van der Waals surface area contributed by atoms with Crippen LogP contribution in [0.3, 0.4) is 0 Å². The molecule has 0 aliphatic carbocycles. The van der Waals surface area contributed by atoms with Crippen molar-refractivity contribution in [1.82, 2.24) is 0 Å². The van der Waals surface area contributed by atoms with Crippen molar-refractivity contribution in [3.05, 3.63) is 58.1 Å². The van der Waals surface area contributed by atoms with Crippen LogP contribution in [-0.4, -0.2) is 5.76 Å². The average molecular weight is 334 g/mol. The Kier molecular flexibility index (Phi) is 5.52. The van der Waals surface area contributed by atoms with Crippen molar-refractivity contribution in [3.63, 3.8) is 0 Å². The van der Waals surface area contributed by atoms with E-state index in [0.717, 1.165) is 11.3 Å². The van der Waals surface area contributed by atoms with Crippen molar-refractivity contribution in [3.8, 4) is 0 Å². The van der Waals surface area contributed by atoms with Gasteiger partial charge in [-0.05, 0) is 48.0 Å². The molecule has 20 heavy (non-hydrogen) atoms. The quantitative estimate of drug-likeness (QED) is 0.681. The van der Waals surface area contributed by atoms with Crippen LogP contribution in [0, 0.1) is 0 Å². The van der Waals surface area contributed by atoms with Crippen LogP contribution in [0.25, 0.3) is 0 Å². The fourth-order valence-corrected chi connectivity index (χ4v) is 2.74. The van der Waals surface area contributed by atoms with Crippen molar-refractivity contribution < 1.29 is 8.78 Å². The van der Waals surface area contributed by atoms with Crippen LogP contribution < -0.4 is 5.32 Å². The van der Waals surface area contributed by atoms with Gasteiger partial charge in [0.1, 0.15) is 0 Å². The molecule has 0 fully saturated rings. The summed E-state index contributed by atoms with van der Waals surface area (Å²) < 4.78 is 24.4. The van der Waals surface area contributed by atoms with Gasteiger partial charge in [0.25, 0.3) is 5.76 Å². The van der Waals surface area contributed by atoms with Crippen LogP contribution in [0.15, 0.2) is 47.4 Å². The van der Waals surface area contributed by atoms with Gasteiger partial charge >= 0.3 is 0 Å². The third kappa shape index (κ3) is 4.85. The molecule has 2 aromatic rings. The largest absolute Gasteiger partial charge is 0.381 e. The molecule has 0 radical (unpaired) electrons. The molecule has 0 atom stereocenters. The van der Waals surface area contributed by atoms with Crippen molar-refractivity contribution in [1.29, 1.82) is 0 Å². The first-order valence-corrected chi connectivity index (χ1v) is 7.40. The van der Waals surface area contributed by atoms with Crippen molar-refractivity contribution in [2.75, 3.05) is 5.32 Å². The summed E-state index contributed by atoms with van der Waals surface area (Å²) >= 11 is 12.4. The van der Waals surface area contributed by atoms with Crippen LogP contribution in [-0.2, 0) is 6.54 Å². The first-order chi connectivity index (χ1) is 9.52. The maximum absolute atomic E-state index is 12.2. The Morgan fingerprint density at radius 2 is 1.60 bits per heavy atom. The first kappa shape index (κ1) is 15.4. The SMILES string of the molecule is FC(F)Sc1ccc(NCc2cc(Cl)cc(Cl)c2)cc1. The van der Waals surface area contributed by atoms with Gasteiger partial charge in [-0.3, -0.25) is 0 Å². The van der Waals surface area contributed by atoms with Crippen LogP contribution in [0.5, 0.6) is 0 Å². The van der Waals surface area contributed by atoms with Crippen LogP contribution in [0.2, 0.25) is 10.0 Å². The highest BCUT2D eigenvalue weighted by molar-refractivity contribution is 7.99. The number of benzene rings is 2. The van der Waals surface area contributed by atoms with E-state index in [-0.39, 0.29) is 0 Å². The van der Waals surface area contributed by atoms with Gasteiger partial charge in [0.2, 0.25) is 0 Å². The second kappa shape index (κ2) is 7.16. The fraction of sp³-hybridized carbons (Fsp3) is 0.143. The van der Waals surface area contributed by atoms with Crippen molar-refractivity contribution in [2.24, 2.45) is 0 Å². The summed E-state index contributed by atoms with van der Waals surface area (Å²) in [7, 11) is 0. The van der Waals surface area contributed by atoms with Gasteiger partial charge in [-0.15, -0.1) is 0 Å². The smallest absolute Gasteiger partial charge is 0.288 e. The zero-order valence-electron chi connectivity index (χ0n) is 10.2. The highest BCUT2D eigenvalue weighted by Crippen LogP contribution is 2.26. The van der Waals surface area contributed by atoms with E-state index in [0.29, 0.717) is 33.2 Å². The summed E-state index contributed by atoms with van der Waals surface area (Å²) in [6.45, 7) is 0.557. The van der Waals surface area contributed by atoms with Gasteiger partial charge in [0, 0.05) is 27.2 Å². The highest BCUT2D eigenvalue weighted by atomic mass is 35.5. The molecule has 0 aliphatic rings. The van der Waals surface area contributed by atoms with E-state index in [9.17, 15) is 8.78 Å². The third-order valence-corrected chi connectivity index (χ3v) is 3.66. The van der Waals surface area contributed by atoms with Crippen LogP contribution in [0.1, 0.15) is 5.56 Å². The molecule has 0 amide bonds. The Labute approximate surface area is 130 Å². The molecule has 6 heteroatoms. The zero-order chi connectivity index (χ0) is 14.5. The Bertz CT molecular complexity index is 556. The molecule has 2 aromatic carbocycles. The lowest BCUT2D eigenvalue weighted by atomic mass is 10.2. The van der Waals surface area contributed by atoms with Gasteiger partial charge < -0.3 is 5.32 Å². The number of anilines is 1. The van der Waals surface area contributed by atoms with E-state index >= 15 is 0 Å². The Hall–Kier alpha value is -0.970. The minimum absolute atomic E-state index is 0.530. The van der Waals surface area contributed by atoms with E-state index in [2.05, 4.69) is 5.32 Å². The van der Waals surface area contributed by atoms with E-state index in [4.69, 9.17) is 23.2 Å². The molecule has 0 spiro atoms. The predicted molar refractivity (Wildman–Crippen MR) is 82.1 cm³/mol. The lowest BCUT2D eigenvalue weighted by molar-refractivity contribution is 0.252. The number of rotatable bonds is 5. The molecule has 0 saturated heterocycles. The molecule has 0 aliphatic heterocycles. The maximum atomic E-state index is 12.2. The molecule has 2 rings (SSSR count). The molecule has 0 heterocycles. The van der Waals surface area contributed by atoms with E-state index in [1.165, 1.54) is 0 Å². The third-order valence-electron chi connectivity index (χ3n) is 2.50.